The summed E-state index contributed by atoms with van der Waals surface area (Å²) < 4.78 is 5.69. The molecule has 0 aliphatic carbocycles. The van der Waals surface area contributed by atoms with E-state index in [4.69, 9.17) is 4.74 Å². The maximum absolute atomic E-state index is 12.0. The van der Waals surface area contributed by atoms with Crippen LogP contribution in [-0.2, 0) is 4.79 Å². The molecular formula is C15H21NO2S. The lowest BCUT2D eigenvalue weighted by Crippen LogP contribution is -2.38. The van der Waals surface area contributed by atoms with E-state index < -0.39 is 0 Å². The van der Waals surface area contributed by atoms with Gasteiger partial charge in [0.05, 0.1) is 0 Å². The molecule has 0 radical (unpaired) electrons. The molecule has 3 nitrogen and oxygen atoms in total. The maximum atomic E-state index is 12.0. The molecule has 4 heteroatoms. The van der Waals surface area contributed by atoms with Crippen LogP contribution < -0.4 is 4.74 Å². The van der Waals surface area contributed by atoms with Crippen molar-refractivity contribution in [1.82, 2.24) is 4.90 Å². The maximum Gasteiger partial charge on any atom is 0.260 e. The number of hydrogen-bond donors (Lipinski definition) is 0. The van der Waals surface area contributed by atoms with Crippen molar-refractivity contribution in [3.05, 3.63) is 24.3 Å². The van der Waals surface area contributed by atoms with Gasteiger partial charge in [-0.15, -0.1) is 11.8 Å². The summed E-state index contributed by atoms with van der Waals surface area (Å²) >= 11 is 1.74. The van der Waals surface area contributed by atoms with Gasteiger partial charge in [-0.2, -0.15) is 0 Å². The number of hydrogen-bond acceptors (Lipinski definition) is 3. The van der Waals surface area contributed by atoms with Crippen LogP contribution in [-0.4, -0.2) is 36.3 Å². The number of thioether (sulfide) groups is 1. The first-order valence-corrected chi connectivity index (χ1v) is 7.92. The largest absolute Gasteiger partial charge is 0.483 e. The fourth-order valence-electron chi connectivity index (χ4n) is 2.22. The Bertz CT molecular complexity index is 416. The first kappa shape index (κ1) is 14.3. The van der Waals surface area contributed by atoms with Crippen molar-refractivity contribution >= 4 is 17.7 Å². The highest BCUT2D eigenvalue weighted by molar-refractivity contribution is 7.99. The zero-order valence-corrected chi connectivity index (χ0v) is 12.2. The van der Waals surface area contributed by atoms with Crippen molar-refractivity contribution in [2.24, 2.45) is 0 Å². The Morgan fingerprint density at radius 3 is 2.74 bits per heavy atom. The Balaban J connectivity index is 1.89. The van der Waals surface area contributed by atoms with Crippen molar-refractivity contribution in [3.63, 3.8) is 0 Å². The van der Waals surface area contributed by atoms with Crippen LogP contribution in [0.1, 0.15) is 26.2 Å². The molecule has 1 aromatic rings. The van der Waals surface area contributed by atoms with Crippen molar-refractivity contribution in [1.29, 1.82) is 0 Å². The molecule has 1 aliphatic rings. The SMILES string of the molecule is CCSc1ccccc1OCC(=O)N1CCCCC1. The van der Waals surface area contributed by atoms with E-state index in [1.807, 2.05) is 29.2 Å². The molecular weight excluding hydrogens is 258 g/mol. The highest BCUT2D eigenvalue weighted by atomic mass is 32.2. The van der Waals surface area contributed by atoms with E-state index >= 15 is 0 Å². The minimum absolute atomic E-state index is 0.107. The lowest BCUT2D eigenvalue weighted by Gasteiger charge is -2.26. The van der Waals surface area contributed by atoms with Gasteiger partial charge in [0.15, 0.2) is 6.61 Å². The monoisotopic (exact) mass is 279 g/mol. The van der Waals surface area contributed by atoms with Gasteiger partial charge < -0.3 is 9.64 Å². The zero-order valence-electron chi connectivity index (χ0n) is 11.4. The third-order valence-corrected chi connectivity index (χ3v) is 4.15. The third kappa shape index (κ3) is 4.16. The molecule has 104 valence electrons. The van der Waals surface area contributed by atoms with Gasteiger partial charge in [0.2, 0.25) is 0 Å². The summed E-state index contributed by atoms with van der Waals surface area (Å²) in [5.41, 5.74) is 0. The molecule has 0 unspecified atom stereocenters. The van der Waals surface area contributed by atoms with E-state index in [9.17, 15) is 4.79 Å². The Morgan fingerprint density at radius 1 is 1.26 bits per heavy atom. The number of carbonyl (C=O) groups excluding carboxylic acids is 1. The number of rotatable bonds is 5. The van der Waals surface area contributed by atoms with Gasteiger partial charge in [0.1, 0.15) is 5.75 Å². The second-order valence-electron chi connectivity index (χ2n) is 4.61. The van der Waals surface area contributed by atoms with Gasteiger partial charge in [-0.25, -0.2) is 0 Å². The number of nitrogens with zero attached hydrogens (tertiary/aromatic N) is 1. The van der Waals surface area contributed by atoms with Crippen LogP contribution in [0.15, 0.2) is 29.2 Å². The fourth-order valence-corrected chi connectivity index (χ4v) is 2.97. The molecule has 0 aromatic heterocycles. The number of amides is 1. The van der Waals surface area contributed by atoms with Gasteiger partial charge in [-0.3, -0.25) is 4.79 Å². The van der Waals surface area contributed by atoms with Crippen LogP contribution in [0.2, 0.25) is 0 Å². The van der Waals surface area contributed by atoms with Crippen LogP contribution in [0, 0.1) is 0 Å². The van der Waals surface area contributed by atoms with Gasteiger partial charge in [0.25, 0.3) is 5.91 Å². The topological polar surface area (TPSA) is 29.5 Å². The minimum atomic E-state index is 0.107. The van der Waals surface area contributed by atoms with Gasteiger partial charge in [-0.05, 0) is 37.1 Å². The second-order valence-corrected chi connectivity index (χ2v) is 5.92. The molecule has 2 rings (SSSR count). The van der Waals surface area contributed by atoms with Gasteiger partial charge in [-0.1, -0.05) is 19.1 Å². The van der Waals surface area contributed by atoms with Crippen molar-refractivity contribution < 1.29 is 9.53 Å². The highest BCUT2D eigenvalue weighted by Gasteiger charge is 2.17. The summed E-state index contributed by atoms with van der Waals surface area (Å²) in [5.74, 6) is 1.93. The first-order valence-electron chi connectivity index (χ1n) is 6.93. The van der Waals surface area contributed by atoms with Crippen LogP contribution in [0.3, 0.4) is 0 Å². The Labute approximate surface area is 119 Å². The predicted octanol–water partition coefficient (Wildman–Crippen LogP) is 3.19. The lowest BCUT2D eigenvalue weighted by molar-refractivity contribution is -0.134. The van der Waals surface area contributed by atoms with Crippen LogP contribution in [0.25, 0.3) is 0 Å². The predicted molar refractivity (Wildman–Crippen MR) is 78.8 cm³/mol. The highest BCUT2D eigenvalue weighted by Crippen LogP contribution is 2.28. The second kappa shape index (κ2) is 7.43. The number of carbonyl (C=O) groups is 1. The van der Waals surface area contributed by atoms with Crippen LogP contribution in [0.5, 0.6) is 5.75 Å². The van der Waals surface area contributed by atoms with E-state index in [1.54, 1.807) is 11.8 Å². The van der Waals surface area contributed by atoms with Gasteiger partial charge >= 0.3 is 0 Å². The number of piperidine rings is 1. The molecule has 1 aromatic carbocycles. The summed E-state index contributed by atoms with van der Waals surface area (Å²) in [6, 6.07) is 7.91. The zero-order chi connectivity index (χ0) is 13.5. The Kier molecular flexibility index (Phi) is 5.58. The summed E-state index contributed by atoms with van der Waals surface area (Å²) in [4.78, 5) is 15.1. The van der Waals surface area contributed by atoms with Crippen LogP contribution >= 0.6 is 11.8 Å². The summed E-state index contributed by atoms with van der Waals surface area (Å²) in [7, 11) is 0. The van der Waals surface area contributed by atoms with E-state index in [0.717, 1.165) is 42.3 Å². The average molecular weight is 279 g/mol. The summed E-state index contributed by atoms with van der Waals surface area (Å²) in [5, 5.41) is 0. The minimum Gasteiger partial charge on any atom is -0.483 e. The number of likely N-dealkylation sites (tertiary alicyclic amines) is 1. The van der Waals surface area contributed by atoms with Crippen molar-refractivity contribution in [2.45, 2.75) is 31.1 Å². The average Bonchev–Trinajstić information content (AvgIpc) is 2.47. The first-order chi connectivity index (χ1) is 9.31. The molecule has 1 aliphatic heterocycles. The molecule has 19 heavy (non-hydrogen) atoms. The Hall–Kier alpha value is -1.16. The van der Waals surface area contributed by atoms with E-state index in [1.165, 1.54) is 6.42 Å². The fraction of sp³-hybridized carbons (Fsp3) is 0.533. The van der Waals surface area contributed by atoms with Crippen LogP contribution in [0.4, 0.5) is 0 Å². The number of benzene rings is 1. The third-order valence-electron chi connectivity index (χ3n) is 3.21. The standard InChI is InChI=1S/C15H21NO2S/c1-2-19-14-9-5-4-8-13(14)18-12-15(17)16-10-6-3-7-11-16/h4-5,8-9H,2-3,6-7,10-12H2,1H3. The van der Waals surface area contributed by atoms with Crippen molar-refractivity contribution in [2.75, 3.05) is 25.4 Å². The number of para-hydroxylation sites is 1. The smallest absolute Gasteiger partial charge is 0.260 e. The molecule has 0 N–H and O–H groups in total. The molecule has 0 saturated carbocycles. The summed E-state index contributed by atoms with van der Waals surface area (Å²) in [6.07, 6.45) is 3.47. The van der Waals surface area contributed by atoms with E-state index in [2.05, 4.69) is 6.92 Å². The lowest BCUT2D eigenvalue weighted by atomic mass is 10.1. The molecule has 1 fully saturated rings. The Morgan fingerprint density at radius 2 is 2.00 bits per heavy atom. The molecule has 1 amide bonds. The molecule has 0 bridgehead atoms. The van der Waals surface area contributed by atoms with Crippen molar-refractivity contribution in [3.8, 4) is 5.75 Å². The molecule has 0 atom stereocenters. The quantitative estimate of drug-likeness (QED) is 0.775. The summed E-state index contributed by atoms with van der Waals surface area (Å²) in [6.45, 7) is 4.03. The molecule has 1 saturated heterocycles. The molecule has 1 heterocycles. The van der Waals surface area contributed by atoms with E-state index in [0.29, 0.717) is 0 Å². The molecule has 0 spiro atoms. The van der Waals surface area contributed by atoms with Gasteiger partial charge in [0, 0.05) is 18.0 Å². The van der Waals surface area contributed by atoms with E-state index in [-0.39, 0.29) is 12.5 Å². The normalized spacial score (nSPS) is 15.3. The number of ether oxygens (including phenoxy) is 1.